The molecule has 2 saturated heterocycles. The predicted octanol–water partition coefficient (Wildman–Crippen LogP) is 3.24. The number of ether oxygens (including phenoxy) is 4. The van der Waals surface area contributed by atoms with E-state index in [1.807, 2.05) is 12.1 Å². The second-order valence-electron chi connectivity index (χ2n) is 6.73. The minimum absolute atomic E-state index is 0.250. The van der Waals surface area contributed by atoms with Crippen molar-refractivity contribution in [3.63, 3.8) is 0 Å². The molecule has 0 spiro atoms. The molecule has 2 fully saturated rings. The summed E-state index contributed by atoms with van der Waals surface area (Å²) in [6, 6.07) is 14.2. The predicted molar refractivity (Wildman–Crippen MR) is 102 cm³/mol. The molecule has 0 bridgehead atoms. The molecule has 2 unspecified atom stereocenters. The van der Waals surface area contributed by atoms with Crippen LogP contribution in [0.3, 0.4) is 0 Å². The fourth-order valence-corrected chi connectivity index (χ4v) is 3.60. The molecule has 0 amide bonds. The quantitative estimate of drug-likeness (QED) is 0.781. The van der Waals surface area contributed by atoms with Gasteiger partial charge in [-0.3, -0.25) is 0 Å². The van der Waals surface area contributed by atoms with E-state index in [0.29, 0.717) is 10.0 Å². The molecule has 8 heteroatoms. The Bertz CT molecular complexity index is 782. The molecule has 2 aromatic carbocycles. The summed E-state index contributed by atoms with van der Waals surface area (Å²) in [7, 11) is 0. The van der Waals surface area contributed by atoms with Crippen LogP contribution in [-0.2, 0) is 18.9 Å². The summed E-state index contributed by atoms with van der Waals surface area (Å²) >= 11 is 11.9. The van der Waals surface area contributed by atoms with E-state index in [0.717, 1.165) is 11.1 Å². The zero-order chi connectivity index (χ0) is 19.7. The number of rotatable bonds is 4. The van der Waals surface area contributed by atoms with E-state index in [1.54, 1.807) is 36.4 Å². The molecule has 150 valence electrons. The van der Waals surface area contributed by atoms with Crippen molar-refractivity contribution < 1.29 is 29.2 Å². The molecule has 0 saturated carbocycles. The Hall–Kier alpha value is -1.22. The lowest BCUT2D eigenvalue weighted by molar-refractivity contribution is -0.373. The van der Waals surface area contributed by atoms with Crippen molar-refractivity contribution in [1.82, 2.24) is 0 Å². The maximum atomic E-state index is 10.3. The van der Waals surface area contributed by atoms with Crippen molar-refractivity contribution >= 4 is 23.2 Å². The van der Waals surface area contributed by atoms with Gasteiger partial charge in [0.1, 0.15) is 24.4 Å². The van der Waals surface area contributed by atoms with Crippen LogP contribution in [0.15, 0.2) is 48.5 Å². The molecule has 2 heterocycles. The normalized spacial score (nSPS) is 31.2. The van der Waals surface area contributed by atoms with E-state index < -0.39 is 43.6 Å². The third-order valence-electron chi connectivity index (χ3n) is 4.81. The van der Waals surface area contributed by atoms with E-state index >= 15 is 0 Å². The lowest BCUT2D eigenvalue weighted by atomic mass is 9.99. The van der Waals surface area contributed by atoms with Crippen LogP contribution >= 0.6 is 23.2 Å². The van der Waals surface area contributed by atoms with Crippen LogP contribution < -0.4 is 0 Å². The number of hydrogen-bond donors (Lipinski definition) is 2. The number of aliphatic hydroxyl groups is 2. The van der Waals surface area contributed by atoms with Gasteiger partial charge >= 0.3 is 0 Å². The monoisotopic (exact) mass is 426 g/mol. The average Bonchev–Trinajstić information content (AvgIpc) is 2.73. The summed E-state index contributed by atoms with van der Waals surface area (Å²) in [6.07, 6.45) is -4.38. The summed E-state index contributed by atoms with van der Waals surface area (Å²) in [5, 5.41) is 21.0. The summed E-state index contributed by atoms with van der Waals surface area (Å²) in [4.78, 5) is 0. The van der Waals surface area contributed by atoms with E-state index in [9.17, 15) is 10.2 Å². The number of hydrogen-bond acceptors (Lipinski definition) is 6. The molecule has 0 aromatic heterocycles. The van der Waals surface area contributed by atoms with Crippen molar-refractivity contribution in [3.05, 3.63) is 69.7 Å². The van der Waals surface area contributed by atoms with Crippen LogP contribution in [0.2, 0.25) is 10.0 Å². The second-order valence-corrected chi connectivity index (χ2v) is 7.60. The van der Waals surface area contributed by atoms with E-state index in [2.05, 4.69) is 0 Å². The Labute approximate surface area is 172 Å². The highest BCUT2D eigenvalue weighted by molar-refractivity contribution is 6.30. The number of aliphatic hydroxyl groups excluding tert-OH is 2. The van der Waals surface area contributed by atoms with Gasteiger partial charge in [0, 0.05) is 21.2 Å². The van der Waals surface area contributed by atoms with Crippen LogP contribution in [0.25, 0.3) is 0 Å². The molecule has 2 N–H and O–H groups in total. The summed E-state index contributed by atoms with van der Waals surface area (Å²) in [6.45, 7) is -0.211. The molecule has 2 aliphatic heterocycles. The zero-order valence-corrected chi connectivity index (χ0v) is 16.3. The van der Waals surface area contributed by atoms with Crippen LogP contribution in [-0.4, -0.2) is 47.8 Å². The van der Waals surface area contributed by atoms with Crippen LogP contribution in [0.4, 0.5) is 0 Å². The van der Waals surface area contributed by atoms with Crippen LogP contribution in [0, 0.1) is 0 Å². The zero-order valence-electron chi connectivity index (χ0n) is 14.8. The Balaban J connectivity index is 1.55. The second kappa shape index (κ2) is 8.65. The third-order valence-corrected chi connectivity index (χ3v) is 5.32. The lowest BCUT2D eigenvalue weighted by Gasteiger charge is -2.47. The summed E-state index contributed by atoms with van der Waals surface area (Å²) < 4.78 is 23.9. The van der Waals surface area contributed by atoms with E-state index in [1.165, 1.54) is 0 Å². The molecule has 6 atom stereocenters. The SMILES string of the molecule is OC[C@@H](O)[C@@H]1OC(c2ccc(Cl)cc2)O[C@H]2COC(c3ccc(Cl)cc3)O[C@H]12. The minimum Gasteiger partial charge on any atom is -0.394 e. The van der Waals surface area contributed by atoms with Gasteiger partial charge in [-0.1, -0.05) is 47.5 Å². The fourth-order valence-electron chi connectivity index (χ4n) is 3.35. The van der Waals surface area contributed by atoms with Gasteiger partial charge in [-0.2, -0.15) is 0 Å². The van der Waals surface area contributed by atoms with Gasteiger partial charge in [0.25, 0.3) is 0 Å². The Kier molecular flexibility index (Phi) is 6.20. The van der Waals surface area contributed by atoms with Crippen molar-refractivity contribution in [2.75, 3.05) is 13.2 Å². The molecule has 28 heavy (non-hydrogen) atoms. The van der Waals surface area contributed by atoms with Crippen LogP contribution in [0.5, 0.6) is 0 Å². The van der Waals surface area contributed by atoms with Crippen molar-refractivity contribution in [1.29, 1.82) is 0 Å². The first-order valence-electron chi connectivity index (χ1n) is 8.93. The first kappa shape index (κ1) is 20.1. The minimum atomic E-state index is -1.13. The van der Waals surface area contributed by atoms with Gasteiger partial charge in [-0.15, -0.1) is 0 Å². The standard InChI is InChI=1S/C20H20Cl2O6/c21-13-5-1-11(2-6-13)19-25-10-16-18(28-19)17(15(24)9-23)27-20(26-16)12-3-7-14(22)8-4-12/h1-8,15-20,23-24H,9-10H2/t15-,16+,17+,18+,19?,20?/m1/s1. The maximum Gasteiger partial charge on any atom is 0.184 e. The fraction of sp³-hybridized carbons (Fsp3) is 0.400. The summed E-state index contributed by atoms with van der Waals surface area (Å²) in [5.41, 5.74) is 1.54. The number of halogens is 2. The molecule has 6 nitrogen and oxygen atoms in total. The topological polar surface area (TPSA) is 77.4 Å². The molecule has 4 rings (SSSR count). The number of benzene rings is 2. The first-order valence-corrected chi connectivity index (χ1v) is 9.68. The highest BCUT2D eigenvalue weighted by Gasteiger charge is 2.48. The van der Waals surface area contributed by atoms with E-state index in [-0.39, 0.29) is 6.61 Å². The van der Waals surface area contributed by atoms with Crippen molar-refractivity contribution in [2.24, 2.45) is 0 Å². The Morgan fingerprint density at radius 3 is 2.00 bits per heavy atom. The highest BCUT2D eigenvalue weighted by atomic mass is 35.5. The Morgan fingerprint density at radius 1 is 0.857 bits per heavy atom. The van der Waals surface area contributed by atoms with Gasteiger partial charge in [-0.25, -0.2) is 0 Å². The largest absolute Gasteiger partial charge is 0.394 e. The van der Waals surface area contributed by atoms with E-state index in [4.69, 9.17) is 42.1 Å². The lowest BCUT2D eigenvalue weighted by Crippen LogP contribution is -2.58. The van der Waals surface area contributed by atoms with Gasteiger partial charge in [0.2, 0.25) is 0 Å². The first-order chi connectivity index (χ1) is 13.5. The molecule has 2 aliphatic rings. The van der Waals surface area contributed by atoms with Gasteiger partial charge < -0.3 is 29.2 Å². The van der Waals surface area contributed by atoms with Crippen molar-refractivity contribution in [3.8, 4) is 0 Å². The van der Waals surface area contributed by atoms with Crippen molar-refractivity contribution in [2.45, 2.75) is 37.0 Å². The van der Waals surface area contributed by atoms with Gasteiger partial charge in [-0.05, 0) is 24.3 Å². The molecule has 0 radical (unpaired) electrons. The smallest absolute Gasteiger partial charge is 0.184 e. The molecular weight excluding hydrogens is 407 g/mol. The maximum absolute atomic E-state index is 10.3. The third kappa shape index (κ3) is 4.20. The molecule has 2 aromatic rings. The average molecular weight is 427 g/mol. The van der Waals surface area contributed by atoms with Crippen LogP contribution in [0.1, 0.15) is 23.7 Å². The molecule has 0 aliphatic carbocycles. The Morgan fingerprint density at radius 2 is 1.43 bits per heavy atom. The highest BCUT2D eigenvalue weighted by Crippen LogP contribution is 2.39. The van der Waals surface area contributed by atoms with Gasteiger partial charge in [0.05, 0.1) is 13.2 Å². The number of fused-ring (bicyclic) bond motifs is 1. The molecular formula is C20H20Cl2O6. The summed E-state index contributed by atoms with van der Waals surface area (Å²) in [5.74, 6) is 0. The van der Waals surface area contributed by atoms with Gasteiger partial charge in [0.15, 0.2) is 12.6 Å².